The van der Waals surface area contributed by atoms with Crippen molar-refractivity contribution in [2.45, 2.75) is 19.9 Å². The summed E-state index contributed by atoms with van der Waals surface area (Å²) < 4.78 is 10.4. The molecule has 1 unspecified atom stereocenters. The van der Waals surface area contributed by atoms with Gasteiger partial charge in [-0.25, -0.2) is 9.78 Å². The summed E-state index contributed by atoms with van der Waals surface area (Å²) in [5, 5.41) is 5.09. The van der Waals surface area contributed by atoms with Gasteiger partial charge in [0.15, 0.2) is 6.61 Å². The molecule has 3 aromatic rings. The second-order valence-electron chi connectivity index (χ2n) is 6.26. The number of esters is 1. The summed E-state index contributed by atoms with van der Waals surface area (Å²) in [5.74, 6) is -0.833. The Morgan fingerprint density at radius 3 is 2.64 bits per heavy atom. The van der Waals surface area contributed by atoms with Gasteiger partial charge in [0, 0.05) is 6.20 Å². The molecule has 1 N–H and O–H groups in total. The highest BCUT2D eigenvalue weighted by atomic mass is 16.5. The van der Waals surface area contributed by atoms with Gasteiger partial charge in [-0.1, -0.05) is 36.4 Å². The van der Waals surface area contributed by atoms with Gasteiger partial charge in [-0.2, -0.15) is 0 Å². The van der Waals surface area contributed by atoms with Crippen LogP contribution in [0.5, 0.6) is 5.88 Å². The van der Waals surface area contributed by atoms with Crippen LogP contribution in [0.1, 0.15) is 35.8 Å². The number of nitrogens with one attached hydrogen (secondary N) is 1. The lowest BCUT2D eigenvalue weighted by Gasteiger charge is -2.15. The number of nitrogens with zero attached hydrogens (tertiary/aromatic N) is 1. The maximum absolute atomic E-state index is 12.2. The third-order valence-corrected chi connectivity index (χ3v) is 4.26. The van der Waals surface area contributed by atoms with E-state index >= 15 is 0 Å². The van der Waals surface area contributed by atoms with E-state index in [9.17, 15) is 9.59 Å². The zero-order valence-electron chi connectivity index (χ0n) is 15.8. The number of hydrogen-bond acceptors (Lipinski definition) is 5. The molecular weight excluding hydrogens is 356 g/mol. The first-order valence-electron chi connectivity index (χ1n) is 9.11. The highest BCUT2D eigenvalue weighted by Gasteiger charge is 2.17. The minimum atomic E-state index is -0.648. The van der Waals surface area contributed by atoms with Crippen LogP contribution in [0.25, 0.3) is 10.8 Å². The van der Waals surface area contributed by atoms with Gasteiger partial charge in [-0.3, -0.25) is 4.79 Å². The second-order valence-corrected chi connectivity index (χ2v) is 6.26. The Balaban J connectivity index is 1.58. The molecule has 144 valence electrons. The van der Waals surface area contributed by atoms with E-state index < -0.39 is 5.97 Å². The van der Waals surface area contributed by atoms with Crippen LogP contribution in [-0.2, 0) is 9.53 Å². The minimum Gasteiger partial charge on any atom is -0.477 e. The van der Waals surface area contributed by atoms with Crippen molar-refractivity contribution in [3.8, 4) is 5.88 Å². The quantitative estimate of drug-likeness (QED) is 0.635. The van der Waals surface area contributed by atoms with Crippen molar-refractivity contribution in [2.75, 3.05) is 13.2 Å². The van der Waals surface area contributed by atoms with E-state index in [4.69, 9.17) is 9.47 Å². The van der Waals surface area contributed by atoms with Gasteiger partial charge in [0.1, 0.15) is 5.56 Å². The predicted octanol–water partition coefficient (Wildman–Crippen LogP) is 3.67. The lowest BCUT2D eigenvalue weighted by Crippen LogP contribution is -2.31. The van der Waals surface area contributed by atoms with Crippen LogP contribution >= 0.6 is 0 Å². The molecule has 0 aliphatic rings. The molecule has 1 heterocycles. The number of carbonyl (C=O) groups is 2. The van der Waals surface area contributed by atoms with Gasteiger partial charge in [-0.05, 0) is 48.4 Å². The smallest absolute Gasteiger partial charge is 0.344 e. The van der Waals surface area contributed by atoms with Crippen molar-refractivity contribution < 1.29 is 19.1 Å². The highest BCUT2D eigenvalue weighted by molar-refractivity contribution is 5.93. The number of pyridine rings is 1. The lowest BCUT2D eigenvalue weighted by atomic mass is 10.0. The Morgan fingerprint density at radius 1 is 1.07 bits per heavy atom. The normalized spacial score (nSPS) is 11.6. The number of benzene rings is 2. The van der Waals surface area contributed by atoms with Crippen molar-refractivity contribution in [2.24, 2.45) is 0 Å². The van der Waals surface area contributed by atoms with Gasteiger partial charge < -0.3 is 14.8 Å². The lowest BCUT2D eigenvalue weighted by molar-refractivity contribution is -0.124. The average Bonchev–Trinajstić information content (AvgIpc) is 2.72. The first kappa shape index (κ1) is 19.4. The third kappa shape index (κ3) is 4.65. The number of fused-ring (bicyclic) bond motifs is 1. The van der Waals surface area contributed by atoms with Gasteiger partial charge in [-0.15, -0.1) is 0 Å². The Bertz CT molecular complexity index is 987. The van der Waals surface area contributed by atoms with Crippen molar-refractivity contribution >= 4 is 22.6 Å². The van der Waals surface area contributed by atoms with E-state index in [1.54, 1.807) is 19.1 Å². The number of rotatable bonds is 7. The van der Waals surface area contributed by atoms with Crippen LogP contribution in [-0.4, -0.2) is 30.1 Å². The Hall–Kier alpha value is -3.41. The number of hydrogen-bond donors (Lipinski definition) is 1. The molecule has 3 rings (SSSR count). The fourth-order valence-electron chi connectivity index (χ4n) is 2.85. The van der Waals surface area contributed by atoms with E-state index in [-0.39, 0.29) is 30.0 Å². The number of carbonyl (C=O) groups excluding carboxylic acids is 2. The van der Waals surface area contributed by atoms with Crippen LogP contribution in [0.15, 0.2) is 60.8 Å². The van der Waals surface area contributed by atoms with Crippen LogP contribution in [0.4, 0.5) is 0 Å². The minimum absolute atomic E-state index is 0.194. The largest absolute Gasteiger partial charge is 0.477 e. The zero-order valence-corrected chi connectivity index (χ0v) is 15.8. The van der Waals surface area contributed by atoms with Crippen molar-refractivity contribution in [3.05, 3.63) is 71.9 Å². The molecule has 1 aromatic heterocycles. The molecule has 6 nitrogen and oxygen atoms in total. The zero-order chi connectivity index (χ0) is 19.9. The van der Waals surface area contributed by atoms with E-state index in [1.165, 1.54) is 6.20 Å². The summed E-state index contributed by atoms with van der Waals surface area (Å²) in [6.45, 7) is 3.68. The van der Waals surface area contributed by atoms with E-state index in [0.717, 1.165) is 16.3 Å². The topological polar surface area (TPSA) is 77.5 Å². The van der Waals surface area contributed by atoms with Gasteiger partial charge >= 0.3 is 5.97 Å². The van der Waals surface area contributed by atoms with Gasteiger partial charge in [0.2, 0.25) is 5.88 Å². The molecule has 0 radical (unpaired) electrons. The van der Waals surface area contributed by atoms with Crippen molar-refractivity contribution in [1.29, 1.82) is 0 Å². The molecule has 0 bridgehead atoms. The van der Waals surface area contributed by atoms with E-state index in [1.807, 2.05) is 49.4 Å². The molecule has 0 saturated carbocycles. The van der Waals surface area contributed by atoms with Crippen molar-refractivity contribution in [3.63, 3.8) is 0 Å². The SMILES string of the molecule is CCOc1ncccc1C(=O)OCC(=O)NC(C)c1ccc2ccccc2c1. The van der Waals surface area contributed by atoms with E-state index in [0.29, 0.717) is 6.61 Å². The fraction of sp³-hybridized carbons (Fsp3) is 0.227. The Kier molecular flexibility index (Phi) is 6.22. The molecule has 28 heavy (non-hydrogen) atoms. The van der Waals surface area contributed by atoms with Crippen LogP contribution < -0.4 is 10.1 Å². The molecule has 1 atom stereocenters. The van der Waals surface area contributed by atoms with Gasteiger partial charge in [0.05, 0.1) is 12.6 Å². The van der Waals surface area contributed by atoms with Crippen molar-refractivity contribution in [1.82, 2.24) is 10.3 Å². The Morgan fingerprint density at radius 2 is 1.86 bits per heavy atom. The maximum Gasteiger partial charge on any atom is 0.344 e. The molecule has 2 aromatic carbocycles. The molecule has 0 aliphatic carbocycles. The third-order valence-electron chi connectivity index (χ3n) is 4.26. The Labute approximate surface area is 163 Å². The maximum atomic E-state index is 12.2. The molecule has 0 aliphatic heterocycles. The molecule has 0 fully saturated rings. The van der Waals surface area contributed by atoms with Crippen LogP contribution in [0.2, 0.25) is 0 Å². The highest BCUT2D eigenvalue weighted by Crippen LogP contribution is 2.20. The summed E-state index contributed by atoms with van der Waals surface area (Å²) in [6, 6.07) is 17.0. The fourth-order valence-corrected chi connectivity index (χ4v) is 2.85. The predicted molar refractivity (Wildman–Crippen MR) is 106 cm³/mol. The molecule has 1 amide bonds. The van der Waals surface area contributed by atoms with Crippen LogP contribution in [0.3, 0.4) is 0 Å². The molecule has 6 heteroatoms. The summed E-state index contributed by atoms with van der Waals surface area (Å²) >= 11 is 0. The van der Waals surface area contributed by atoms with E-state index in [2.05, 4.69) is 10.3 Å². The number of ether oxygens (including phenoxy) is 2. The van der Waals surface area contributed by atoms with Crippen LogP contribution in [0, 0.1) is 0 Å². The molecule has 0 spiro atoms. The standard InChI is InChI=1S/C22H22N2O4/c1-3-27-21-19(9-6-12-23-21)22(26)28-14-20(25)24-15(2)17-11-10-16-7-4-5-8-18(16)13-17/h4-13,15H,3,14H2,1-2H3,(H,24,25). The average molecular weight is 378 g/mol. The second kappa shape index (κ2) is 8.99. The summed E-state index contributed by atoms with van der Waals surface area (Å²) in [5.41, 5.74) is 1.17. The monoisotopic (exact) mass is 378 g/mol. The van der Waals surface area contributed by atoms with Gasteiger partial charge in [0.25, 0.3) is 5.91 Å². The first-order valence-corrected chi connectivity index (χ1v) is 9.11. The summed E-state index contributed by atoms with van der Waals surface area (Å²) in [7, 11) is 0. The first-order chi connectivity index (χ1) is 13.6. The molecular formula is C22H22N2O4. The summed E-state index contributed by atoms with van der Waals surface area (Å²) in [4.78, 5) is 28.4. The molecule has 0 saturated heterocycles. The summed E-state index contributed by atoms with van der Waals surface area (Å²) in [6.07, 6.45) is 1.53. The number of aromatic nitrogens is 1. The number of amides is 1.